The van der Waals surface area contributed by atoms with Gasteiger partial charge in [-0.05, 0) is 36.8 Å². The predicted molar refractivity (Wildman–Crippen MR) is 120 cm³/mol. The van der Waals surface area contributed by atoms with Gasteiger partial charge in [-0.2, -0.15) is 5.11 Å². The van der Waals surface area contributed by atoms with Crippen LogP contribution in [-0.2, 0) is 19.1 Å². The third kappa shape index (κ3) is 7.87. The Labute approximate surface area is 190 Å². The lowest BCUT2D eigenvalue weighted by atomic mass is 10.1. The third-order valence-electron chi connectivity index (χ3n) is 4.56. The fourth-order valence-electron chi connectivity index (χ4n) is 2.81. The van der Waals surface area contributed by atoms with Crippen LogP contribution in [0.15, 0.2) is 46.6 Å². The van der Waals surface area contributed by atoms with E-state index in [0.29, 0.717) is 18.8 Å². The number of esters is 2. The number of benzene rings is 2. The average Bonchev–Trinajstić information content (AvgIpc) is 2.77. The Bertz CT molecular complexity index is 1040. The highest BCUT2D eigenvalue weighted by molar-refractivity contribution is 5.69. The van der Waals surface area contributed by atoms with E-state index in [2.05, 4.69) is 10.2 Å². The number of nitrogens with zero attached hydrogens (tertiary/aromatic N) is 4. The molecule has 11 heteroatoms. The number of anilines is 1. The van der Waals surface area contributed by atoms with E-state index >= 15 is 0 Å². The van der Waals surface area contributed by atoms with Crippen LogP contribution in [0.4, 0.5) is 22.7 Å². The Morgan fingerprint density at radius 1 is 1.06 bits per heavy atom. The van der Waals surface area contributed by atoms with Crippen molar-refractivity contribution in [1.29, 1.82) is 0 Å². The van der Waals surface area contributed by atoms with E-state index in [1.165, 1.54) is 19.1 Å². The monoisotopic (exact) mass is 458 g/mol. The fraction of sp³-hybridized carbons (Fsp3) is 0.364. The fourth-order valence-corrected chi connectivity index (χ4v) is 2.81. The number of carbonyl (C=O) groups excluding carboxylic acids is 2. The van der Waals surface area contributed by atoms with Crippen LogP contribution in [0.5, 0.6) is 5.75 Å². The van der Waals surface area contributed by atoms with Crippen molar-refractivity contribution in [3.8, 4) is 5.75 Å². The molecule has 176 valence electrons. The van der Waals surface area contributed by atoms with Crippen LogP contribution < -0.4 is 4.90 Å². The summed E-state index contributed by atoms with van der Waals surface area (Å²) in [5.41, 5.74) is 1.98. The molecular formula is C22H26N4O7. The molecule has 0 saturated heterocycles. The molecule has 0 aliphatic carbocycles. The first-order valence-corrected chi connectivity index (χ1v) is 10.2. The van der Waals surface area contributed by atoms with Crippen molar-refractivity contribution in [2.24, 2.45) is 10.2 Å². The smallest absolute Gasteiger partial charge is 0.305 e. The zero-order valence-corrected chi connectivity index (χ0v) is 18.7. The van der Waals surface area contributed by atoms with Gasteiger partial charge < -0.3 is 19.5 Å². The number of nitro groups is 1. The molecule has 0 aliphatic heterocycles. The summed E-state index contributed by atoms with van der Waals surface area (Å²) in [5.74, 6) is -1.02. The van der Waals surface area contributed by atoms with Gasteiger partial charge in [0.05, 0.1) is 29.8 Å². The van der Waals surface area contributed by atoms with E-state index in [4.69, 9.17) is 9.47 Å². The SMILES string of the molecule is CCC(=O)OCCN(CCOC(C)=O)c1ccc(/N=N/c2ccc([N+](=O)[O-])cc2O)c(C)c1. The number of phenols is 1. The van der Waals surface area contributed by atoms with Gasteiger partial charge in [0.15, 0.2) is 0 Å². The molecule has 0 fully saturated rings. The standard InChI is InChI=1S/C22H26N4O7/c1-4-22(29)33-12-10-25(9-11-32-16(3)27)17-5-7-19(15(2)13-17)23-24-20-8-6-18(26(30)31)14-21(20)28/h5-8,13-14,28H,4,9-12H2,1-3H3/b24-23+. The Kier molecular flexibility index (Phi) is 9.28. The summed E-state index contributed by atoms with van der Waals surface area (Å²) in [5, 5.41) is 28.8. The first kappa shape index (κ1) is 25.2. The van der Waals surface area contributed by atoms with Gasteiger partial charge in [-0.1, -0.05) is 6.92 Å². The van der Waals surface area contributed by atoms with E-state index in [9.17, 15) is 24.8 Å². The van der Waals surface area contributed by atoms with Gasteiger partial charge in [-0.15, -0.1) is 5.11 Å². The zero-order chi connectivity index (χ0) is 24.4. The van der Waals surface area contributed by atoms with Crippen LogP contribution in [-0.4, -0.2) is 48.3 Å². The van der Waals surface area contributed by atoms with E-state index in [0.717, 1.165) is 17.3 Å². The van der Waals surface area contributed by atoms with Crippen LogP contribution in [0.1, 0.15) is 25.8 Å². The summed E-state index contributed by atoms with van der Waals surface area (Å²) in [6, 6.07) is 8.95. The largest absolute Gasteiger partial charge is 0.505 e. The molecule has 0 aromatic heterocycles. The lowest BCUT2D eigenvalue weighted by Gasteiger charge is -2.25. The number of ether oxygens (including phenoxy) is 2. The summed E-state index contributed by atoms with van der Waals surface area (Å²) in [6.07, 6.45) is 0.288. The minimum Gasteiger partial charge on any atom is -0.505 e. The van der Waals surface area contributed by atoms with E-state index in [-0.39, 0.29) is 48.7 Å². The van der Waals surface area contributed by atoms with Crippen molar-refractivity contribution >= 4 is 34.7 Å². The van der Waals surface area contributed by atoms with Crippen molar-refractivity contribution in [1.82, 2.24) is 0 Å². The molecule has 2 aromatic rings. The van der Waals surface area contributed by atoms with Crippen LogP contribution in [0.3, 0.4) is 0 Å². The molecule has 0 heterocycles. The van der Waals surface area contributed by atoms with Crippen molar-refractivity contribution in [3.05, 3.63) is 52.1 Å². The van der Waals surface area contributed by atoms with Gasteiger partial charge in [0, 0.05) is 25.1 Å². The molecule has 0 spiro atoms. The van der Waals surface area contributed by atoms with Crippen LogP contribution in [0.25, 0.3) is 0 Å². The molecular weight excluding hydrogens is 432 g/mol. The summed E-state index contributed by atoms with van der Waals surface area (Å²) >= 11 is 0. The number of azo groups is 1. The normalized spacial score (nSPS) is 10.8. The van der Waals surface area contributed by atoms with Gasteiger partial charge in [-0.3, -0.25) is 19.7 Å². The molecule has 0 amide bonds. The van der Waals surface area contributed by atoms with Crippen molar-refractivity contribution in [3.63, 3.8) is 0 Å². The summed E-state index contributed by atoms with van der Waals surface area (Å²) < 4.78 is 10.2. The number of hydrogen-bond donors (Lipinski definition) is 1. The highest BCUT2D eigenvalue weighted by atomic mass is 16.6. The van der Waals surface area contributed by atoms with Crippen LogP contribution >= 0.6 is 0 Å². The maximum atomic E-state index is 11.4. The number of rotatable bonds is 11. The summed E-state index contributed by atoms with van der Waals surface area (Å²) in [6.45, 7) is 6.05. The average molecular weight is 458 g/mol. The van der Waals surface area contributed by atoms with Crippen molar-refractivity contribution < 1.29 is 29.1 Å². The lowest BCUT2D eigenvalue weighted by molar-refractivity contribution is -0.384. The number of aryl methyl sites for hydroxylation is 1. The van der Waals surface area contributed by atoms with Crippen molar-refractivity contribution in [2.45, 2.75) is 27.2 Å². The lowest BCUT2D eigenvalue weighted by Crippen LogP contribution is -2.32. The minimum atomic E-state index is -0.611. The number of nitro benzene ring substituents is 1. The topological polar surface area (TPSA) is 144 Å². The van der Waals surface area contributed by atoms with Crippen LogP contribution in [0, 0.1) is 17.0 Å². The zero-order valence-electron chi connectivity index (χ0n) is 18.7. The minimum absolute atomic E-state index is 0.102. The van der Waals surface area contributed by atoms with Crippen molar-refractivity contribution in [2.75, 3.05) is 31.2 Å². The van der Waals surface area contributed by atoms with Gasteiger partial charge in [0.1, 0.15) is 24.7 Å². The molecule has 0 radical (unpaired) electrons. The highest BCUT2D eigenvalue weighted by Gasteiger charge is 2.12. The van der Waals surface area contributed by atoms with Gasteiger partial charge in [0.2, 0.25) is 0 Å². The second-order valence-corrected chi connectivity index (χ2v) is 7.00. The number of non-ortho nitro benzene ring substituents is 1. The third-order valence-corrected chi connectivity index (χ3v) is 4.56. The molecule has 0 atom stereocenters. The number of phenolic OH excluding ortho intramolecular Hbond substituents is 1. The molecule has 0 bridgehead atoms. The second-order valence-electron chi connectivity index (χ2n) is 7.00. The van der Waals surface area contributed by atoms with E-state index < -0.39 is 4.92 Å². The quantitative estimate of drug-likeness (QED) is 0.226. The molecule has 33 heavy (non-hydrogen) atoms. The van der Waals surface area contributed by atoms with Gasteiger partial charge >= 0.3 is 11.9 Å². The summed E-state index contributed by atoms with van der Waals surface area (Å²) in [7, 11) is 0. The molecule has 1 N–H and O–H groups in total. The number of carbonyl (C=O) groups is 2. The molecule has 11 nitrogen and oxygen atoms in total. The van der Waals surface area contributed by atoms with E-state index in [1.54, 1.807) is 19.1 Å². The van der Waals surface area contributed by atoms with Crippen LogP contribution in [0.2, 0.25) is 0 Å². The first-order chi connectivity index (χ1) is 15.7. The number of aromatic hydroxyl groups is 1. The number of hydrogen-bond acceptors (Lipinski definition) is 10. The van der Waals surface area contributed by atoms with Gasteiger partial charge in [-0.25, -0.2) is 0 Å². The molecule has 2 aromatic carbocycles. The molecule has 2 rings (SSSR count). The highest BCUT2D eigenvalue weighted by Crippen LogP contribution is 2.33. The Morgan fingerprint density at radius 2 is 1.70 bits per heavy atom. The molecule has 0 saturated carbocycles. The van der Waals surface area contributed by atoms with Gasteiger partial charge in [0.25, 0.3) is 5.69 Å². The Morgan fingerprint density at radius 3 is 2.27 bits per heavy atom. The second kappa shape index (κ2) is 12.1. The maximum absolute atomic E-state index is 11.4. The maximum Gasteiger partial charge on any atom is 0.305 e. The Hall–Kier alpha value is -4.02. The Balaban J connectivity index is 2.16. The van der Waals surface area contributed by atoms with E-state index in [1.807, 2.05) is 17.9 Å². The first-order valence-electron chi connectivity index (χ1n) is 10.2. The molecule has 0 unspecified atom stereocenters. The summed E-state index contributed by atoms with van der Waals surface area (Å²) in [4.78, 5) is 34.6. The predicted octanol–water partition coefficient (Wildman–Crippen LogP) is 4.35. The molecule has 0 aliphatic rings.